The van der Waals surface area contributed by atoms with Gasteiger partial charge in [-0.15, -0.1) is 0 Å². The summed E-state index contributed by atoms with van der Waals surface area (Å²) in [6, 6.07) is 1.61. The van der Waals surface area contributed by atoms with Crippen LogP contribution in [0.2, 0.25) is 0 Å². The number of nitrogen functional groups attached to an aromatic ring is 1. The van der Waals surface area contributed by atoms with Gasteiger partial charge in [0.1, 0.15) is 23.5 Å². The van der Waals surface area contributed by atoms with Crippen LogP contribution in [-0.4, -0.2) is 35.0 Å². The predicted molar refractivity (Wildman–Crippen MR) is 78.3 cm³/mol. The molecule has 1 fully saturated rings. The minimum Gasteiger partial charge on any atom is -0.353 e. The lowest BCUT2D eigenvalue weighted by atomic mass is 10.1. The molecule has 0 aromatic carbocycles. The molecular formula is C13H22N6O. The Morgan fingerprint density at radius 1 is 1.50 bits per heavy atom. The van der Waals surface area contributed by atoms with E-state index in [0.29, 0.717) is 12.4 Å². The maximum absolute atomic E-state index is 11.9. The molecule has 20 heavy (non-hydrogen) atoms. The zero-order valence-electron chi connectivity index (χ0n) is 12.0. The van der Waals surface area contributed by atoms with Gasteiger partial charge in [-0.1, -0.05) is 13.8 Å². The molecule has 0 radical (unpaired) electrons. The summed E-state index contributed by atoms with van der Waals surface area (Å²) < 4.78 is 0. The Balaban J connectivity index is 2.34. The normalized spacial score (nSPS) is 18.9. The molecule has 1 aliphatic rings. The number of carbonyl (C=O) groups is 1. The van der Waals surface area contributed by atoms with Crippen molar-refractivity contribution in [2.75, 3.05) is 23.4 Å². The van der Waals surface area contributed by atoms with Crippen LogP contribution in [0.5, 0.6) is 0 Å². The summed E-state index contributed by atoms with van der Waals surface area (Å²) in [6.07, 6.45) is 2.49. The van der Waals surface area contributed by atoms with Crippen LogP contribution in [0.25, 0.3) is 0 Å². The smallest absolute Gasteiger partial charge is 0.242 e. The van der Waals surface area contributed by atoms with Crippen LogP contribution in [0.1, 0.15) is 32.5 Å². The molecule has 1 amide bonds. The van der Waals surface area contributed by atoms with Gasteiger partial charge in [0, 0.05) is 25.6 Å². The third-order valence-electron chi connectivity index (χ3n) is 3.39. The van der Waals surface area contributed by atoms with Crippen LogP contribution in [0.4, 0.5) is 11.6 Å². The van der Waals surface area contributed by atoms with Gasteiger partial charge in [0.2, 0.25) is 5.91 Å². The number of hydrazine groups is 1. The van der Waals surface area contributed by atoms with E-state index in [2.05, 4.69) is 27.6 Å². The van der Waals surface area contributed by atoms with Crippen LogP contribution in [0, 0.1) is 0 Å². The van der Waals surface area contributed by atoms with Gasteiger partial charge in [0.25, 0.3) is 0 Å². The standard InChI is InChI=1S/C13H22N6O/c1-3-5-10-16-11(18-14)8-12(17-10)19-7-6-15-13(20)9(19)4-2/h8-9H,3-7,14H2,1-2H3,(H,15,20)(H,16,17,18). The average Bonchev–Trinajstić information content (AvgIpc) is 2.47. The van der Waals surface area contributed by atoms with Gasteiger partial charge < -0.3 is 15.6 Å². The molecule has 7 heteroatoms. The largest absolute Gasteiger partial charge is 0.353 e. The highest BCUT2D eigenvalue weighted by molar-refractivity contribution is 5.86. The van der Waals surface area contributed by atoms with Crippen LogP contribution in [0.15, 0.2) is 6.07 Å². The summed E-state index contributed by atoms with van der Waals surface area (Å²) in [7, 11) is 0. The van der Waals surface area contributed by atoms with E-state index in [1.54, 1.807) is 6.07 Å². The molecule has 0 aliphatic carbocycles. The molecule has 1 atom stereocenters. The maximum atomic E-state index is 11.9. The Hall–Kier alpha value is -1.89. The summed E-state index contributed by atoms with van der Waals surface area (Å²) in [4.78, 5) is 22.9. The third kappa shape index (κ3) is 2.98. The lowest BCUT2D eigenvalue weighted by Crippen LogP contribution is -2.55. The average molecular weight is 278 g/mol. The highest BCUT2D eigenvalue weighted by atomic mass is 16.2. The number of hydrogen-bond acceptors (Lipinski definition) is 6. The fraction of sp³-hybridized carbons (Fsp3) is 0.615. The summed E-state index contributed by atoms with van der Waals surface area (Å²) in [6.45, 7) is 5.46. The molecule has 1 aromatic rings. The Bertz CT molecular complexity index is 478. The maximum Gasteiger partial charge on any atom is 0.242 e. The minimum absolute atomic E-state index is 0.0525. The molecule has 0 saturated carbocycles. The molecule has 110 valence electrons. The molecule has 1 saturated heterocycles. The molecule has 1 aliphatic heterocycles. The van der Waals surface area contributed by atoms with E-state index in [4.69, 9.17) is 5.84 Å². The number of hydrogen-bond donors (Lipinski definition) is 3. The fourth-order valence-electron chi connectivity index (χ4n) is 2.43. The second kappa shape index (κ2) is 6.51. The Kier molecular flexibility index (Phi) is 4.73. The second-order valence-corrected chi connectivity index (χ2v) is 4.83. The number of aromatic nitrogens is 2. The predicted octanol–water partition coefficient (Wildman–Crippen LogP) is 0.430. The molecule has 4 N–H and O–H groups in total. The Labute approximate surface area is 118 Å². The first-order valence-electron chi connectivity index (χ1n) is 7.08. The van der Waals surface area contributed by atoms with Crippen LogP contribution >= 0.6 is 0 Å². The van der Waals surface area contributed by atoms with Crippen molar-refractivity contribution in [1.82, 2.24) is 15.3 Å². The van der Waals surface area contributed by atoms with Crippen LogP contribution in [-0.2, 0) is 11.2 Å². The zero-order valence-corrected chi connectivity index (χ0v) is 12.0. The van der Waals surface area contributed by atoms with Crippen LogP contribution in [0.3, 0.4) is 0 Å². The van der Waals surface area contributed by atoms with E-state index in [9.17, 15) is 4.79 Å². The zero-order chi connectivity index (χ0) is 14.5. The first-order valence-corrected chi connectivity index (χ1v) is 7.08. The fourth-order valence-corrected chi connectivity index (χ4v) is 2.43. The van der Waals surface area contributed by atoms with Crippen molar-refractivity contribution < 1.29 is 4.79 Å². The van der Waals surface area contributed by atoms with E-state index in [1.807, 2.05) is 11.8 Å². The number of aryl methyl sites for hydroxylation is 1. The number of piperazine rings is 1. The first-order chi connectivity index (χ1) is 9.69. The van der Waals surface area contributed by atoms with E-state index in [-0.39, 0.29) is 11.9 Å². The lowest BCUT2D eigenvalue weighted by Gasteiger charge is -2.35. The minimum atomic E-state index is -0.182. The highest BCUT2D eigenvalue weighted by Gasteiger charge is 2.29. The summed E-state index contributed by atoms with van der Waals surface area (Å²) >= 11 is 0. The third-order valence-corrected chi connectivity index (χ3v) is 3.39. The molecule has 2 rings (SSSR count). The number of anilines is 2. The van der Waals surface area contributed by atoms with E-state index >= 15 is 0 Å². The topological polar surface area (TPSA) is 96.2 Å². The van der Waals surface area contributed by atoms with Crippen molar-refractivity contribution in [3.05, 3.63) is 11.9 Å². The van der Waals surface area contributed by atoms with Crippen molar-refractivity contribution in [2.24, 2.45) is 5.84 Å². The summed E-state index contributed by atoms with van der Waals surface area (Å²) in [5, 5.41) is 2.89. The molecule has 0 spiro atoms. The Morgan fingerprint density at radius 3 is 2.95 bits per heavy atom. The summed E-state index contributed by atoms with van der Waals surface area (Å²) in [5.41, 5.74) is 2.57. The molecule has 0 bridgehead atoms. The second-order valence-electron chi connectivity index (χ2n) is 4.83. The van der Waals surface area contributed by atoms with Crippen molar-refractivity contribution in [3.8, 4) is 0 Å². The molecule has 1 aromatic heterocycles. The SMILES string of the molecule is CCCc1nc(NN)cc(N2CCNC(=O)C2CC)n1. The first kappa shape index (κ1) is 14.5. The van der Waals surface area contributed by atoms with E-state index in [1.165, 1.54) is 0 Å². The van der Waals surface area contributed by atoms with E-state index < -0.39 is 0 Å². The van der Waals surface area contributed by atoms with Crippen molar-refractivity contribution >= 4 is 17.5 Å². The van der Waals surface area contributed by atoms with Crippen molar-refractivity contribution in [1.29, 1.82) is 0 Å². The lowest BCUT2D eigenvalue weighted by molar-refractivity contribution is -0.123. The number of nitrogens with zero attached hydrogens (tertiary/aromatic N) is 3. The molecule has 7 nitrogen and oxygen atoms in total. The van der Waals surface area contributed by atoms with Gasteiger partial charge >= 0.3 is 0 Å². The number of amides is 1. The monoisotopic (exact) mass is 278 g/mol. The van der Waals surface area contributed by atoms with Gasteiger partial charge in [-0.2, -0.15) is 0 Å². The van der Waals surface area contributed by atoms with Crippen molar-refractivity contribution in [2.45, 2.75) is 39.2 Å². The number of nitrogens with one attached hydrogen (secondary N) is 2. The van der Waals surface area contributed by atoms with Crippen molar-refractivity contribution in [3.63, 3.8) is 0 Å². The number of rotatable bonds is 5. The molecular weight excluding hydrogens is 256 g/mol. The number of carbonyl (C=O) groups excluding carboxylic acids is 1. The Morgan fingerprint density at radius 2 is 2.30 bits per heavy atom. The quantitative estimate of drug-likeness (QED) is 0.534. The van der Waals surface area contributed by atoms with Gasteiger partial charge in [-0.25, -0.2) is 15.8 Å². The van der Waals surface area contributed by atoms with E-state index in [0.717, 1.165) is 37.4 Å². The van der Waals surface area contributed by atoms with Crippen LogP contribution < -0.4 is 21.5 Å². The van der Waals surface area contributed by atoms with Gasteiger partial charge in [0.15, 0.2) is 0 Å². The molecule has 2 heterocycles. The highest BCUT2D eigenvalue weighted by Crippen LogP contribution is 2.21. The number of nitrogens with two attached hydrogens (primary N) is 1. The van der Waals surface area contributed by atoms with Gasteiger partial charge in [-0.05, 0) is 12.8 Å². The molecule has 1 unspecified atom stereocenters. The summed E-state index contributed by atoms with van der Waals surface area (Å²) in [5.74, 6) is 7.62. The van der Waals surface area contributed by atoms with Gasteiger partial charge in [-0.3, -0.25) is 4.79 Å². The van der Waals surface area contributed by atoms with Gasteiger partial charge in [0.05, 0.1) is 0 Å².